The van der Waals surface area contributed by atoms with Crippen LogP contribution >= 0.6 is 0 Å². The van der Waals surface area contributed by atoms with Crippen molar-refractivity contribution in [3.63, 3.8) is 0 Å². The fraction of sp³-hybridized carbons (Fsp3) is 0.611. The molecule has 0 saturated carbocycles. The van der Waals surface area contributed by atoms with Crippen LogP contribution in [-0.2, 0) is 35.4 Å². The molecule has 1 unspecified atom stereocenters. The second-order valence-electron chi connectivity index (χ2n) is 7.62. The van der Waals surface area contributed by atoms with Gasteiger partial charge in [0.05, 0.1) is 38.5 Å². The van der Waals surface area contributed by atoms with Gasteiger partial charge in [-0.05, 0) is 0 Å². The second kappa shape index (κ2) is 8.74. The summed E-state index contributed by atoms with van der Waals surface area (Å²) in [6.45, 7) is -0.682. The normalized spacial score (nSPS) is 18.4. The number of aliphatic hydroxyl groups excluding tert-OH is 1. The van der Waals surface area contributed by atoms with Crippen LogP contribution in [0.25, 0.3) is 0 Å². The van der Waals surface area contributed by atoms with E-state index in [4.69, 9.17) is 18.9 Å². The topological polar surface area (TPSA) is 110 Å². The number of ether oxygens (including phenoxy) is 4. The average molecular weight is 500 g/mol. The Bertz CT molecular complexity index is 1060. The van der Waals surface area contributed by atoms with Crippen molar-refractivity contribution in [3.8, 4) is 11.8 Å². The monoisotopic (exact) mass is 500 g/mol. The summed E-state index contributed by atoms with van der Waals surface area (Å²) in [5.41, 5.74) is -4.82. The molecule has 1 atom stereocenters. The summed E-state index contributed by atoms with van der Waals surface area (Å²) in [6.07, 6.45) is -13.6. The molecule has 0 spiro atoms. The van der Waals surface area contributed by atoms with Crippen molar-refractivity contribution in [1.82, 2.24) is 19.6 Å². The molecule has 16 heteroatoms. The first kappa shape index (κ1) is 24.3. The van der Waals surface area contributed by atoms with Crippen LogP contribution in [0.5, 0.6) is 11.8 Å². The molecular weight excluding hydrogens is 482 g/mol. The molecule has 34 heavy (non-hydrogen) atoms. The highest BCUT2D eigenvalue weighted by atomic mass is 19.4. The maximum Gasteiger partial charge on any atom is 0.436 e. The number of aldehydes is 1. The summed E-state index contributed by atoms with van der Waals surface area (Å²) in [4.78, 5) is 11.4. The number of nitrogens with zero attached hydrogens (tertiary/aromatic N) is 4. The summed E-state index contributed by atoms with van der Waals surface area (Å²) in [7, 11) is 1.16. The third-order valence-electron chi connectivity index (χ3n) is 5.08. The smallest absolute Gasteiger partial charge is 0.436 e. The highest BCUT2D eigenvalue weighted by Crippen LogP contribution is 2.41. The van der Waals surface area contributed by atoms with Gasteiger partial charge in [0.15, 0.2) is 17.7 Å². The second-order valence-corrected chi connectivity index (χ2v) is 7.62. The number of aryl methyl sites for hydroxylation is 1. The Kier molecular flexibility index (Phi) is 6.24. The number of rotatable bonds is 8. The van der Waals surface area contributed by atoms with Crippen molar-refractivity contribution >= 4 is 6.29 Å². The lowest BCUT2D eigenvalue weighted by molar-refractivity contribution is -0.143. The summed E-state index contributed by atoms with van der Waals surface area (Å²) >= 11 is 0. The third kappa shape index (κ3) is 4.56. The maximum atomic E-state index is 13.6. The van der Waals surface area contributed by atoms with Gasteiger partial charge in [-0.3, -0.25) is 4.79 Å². The van der Waals surface area contributed by atoms with E-state index < -0.39 is 71.5 Å². The predicted octanol–water partition coefficient (Wildman–Crippen LogP) is 1.76. The van der Waals surface area contributed by atoms with Crippen LogP contribution in [-0.4, -0.2) is 69.6 Å². The Morgan fingerprint density at radius 3 is 1.97 bits per heavy atom. The zero-order chi connectivity index (χ0) is 24.8. The van der Waals surface area contributed by atoms with Crippen LogP contribution in [0.4, 0.5) is 26.3 Å². The standard InChI is InChI=1S/C18H18F6N4O6/c1-27-16(34-9-6-32-7-9)12(14(25-27)18(22,23)24)11(30)2-28-15(33-8-4-31-5-8)10(3-29)13(26-28)17(19,20)21/h3,8-9,11,30H,2,4-7H2,1H3. The maximum absolute atomic E-state index is 13.6. The quantitative estimate of drug-likeness (QED) is 0.432. The Morgan fingerprint density at radius 1 is 1.00 bits per heavy atom. The first-order valence-corrected chi connectivity index (χ1v) is 9.84. The molecule has 4 rings (SSSR count). The van der Waals surface area contributed by atoms with E-state index in [0.717, 1.165) is 11.7 Å². The Hall–Kier alpha value is -2.85. The summed E-state index contributed by atoms with van der Waals surface area (Å²) in [6, 6.07) is 0. The summed E-state index contributed by atoms with van der Waals surface area (Å²) < 4.78 is 103. The van der Waals surface area contributed by atoms with Crippen LogP contribution in [0.3, 0.4) is 0 Å². The minimum atomic E-state index is -5.06. The van der Waals surface area contributed by atoms with Gasteiger partial charge >= 0.3 is 12.4 Å². The number of hydrogen-bond acceptors (Lipinski definition) is 8. The highest BCUT2D eigenvalue weighted by Gasteiger charge is 2.44. The first-order chi connectivity index (χ1) is 15.9. The molecule has 2 aliphatic rings. The van der Waals surface area contributed by atoms with E-state index in [2.05, 4.69) is 10.2 Å². The average Bonchev–Trinajstić information content (AvgIpc) is 3.18. The zero-order valence-corrected chi connectivity index (χ0v) is 17.4. The summed E-state index contributed by atoms with van der Waals surface area (Å²) in [5, 5.41) is 17.4. The number of halogens is 6. The molecule has 0 aliphatic carbocycles. The van der Waals surface area contributed by atoms with Crippen LogP contribution in [0, 0.1) is 0 Å². The van der Waals surface area contributed by atoms with Gasteiger partial charge in [-0.1, -0.05) is 0 Å². The molecule has 0 bridgehead atoms. The van der Waals surface area contributed by atoms with Crippen molar-refractivity contribution < 1.29 is 55.2 Å². The Labute approximate surface area is 186 Å². The first-order valence-electron chi connectivity index (χ1n) is 9.84. The number of carbonyl (C=O) groups excluding carboxylic acids is 1. The van der Waals surface area contributed by atoms with Crippen molar-refractivity contribution in [2.24, 2.45) is 7.05 Å². The molecule has 4 heterocycles. The zero-order valence-electron chi connectivity index (χ0n) is 17.4. The van der Waals surface area contributed by atoms with Crippen molar-refractivity contribution in [3.05, 3.63) is 22.5 Å². The lowest BCUT2D eigenvalue weighted by atomic mass is 10.1. The molecule has 0 amide bonds. The molecule has 2 aromatic heterocycles. The minimum absolute atomic E-state index is 0.0235. The molecule has 188 valence electrons. The molecular formula is C18H18F6N4O6. The fourth-order valence-electron chi connectivity index (χ4n) is 3.33. The summed E-state index contributed by atoms with van der Waals surface area (Å²) in [5.74, 6) is -1.08. The molecule has 2 aromatic rings. The van der Waals surface area contributed by atoms with Crippen LogP contribution < -0.4 is 9.47 Å². The van der Waals surface area contributed by atoms with Gasteiger partial charge in [-0.15, -0.1) is 0 Å². The lowest BCUT2D eigenvalue weighted by Crippen LogP contribution is -2.39. The van der Waals surface area contributed by atoms with Gasteiger partial charge in [0.25, 0.3) is 0 Å². The van der Waals surface area contributed by atoms with Crippen molar-refractivity contribution in [1.29, 1.82) is 0 Å². The molecule has 0 radical (unpaired) electrons. The number of aromatic nitrogens is 4. The fourth-order valence-corrected chi connectivity index (χ4v) is 3.33. The van der Waals surface area contributed by atoms with Gasteiger partial charge in [0.1, 0.15) is 23.9 Å². The molecule has 0 aromatic carbocycles. The molecule has 10 nitrogen and oxygen atoms in total. The van der Waals surface area contributed by atoms with E-state index in [9.17, 15) is 36.2 Å². The van der Waals surface area contributed by atoms with E-state index in [0.29, 0.717) is 4.68 Å². The van der Waals surface area contributed by atoms with Crippen LogP contribution in [0.15, 0.2) is 0 Å². The molecule has 1 N–H and O–H groups in total. The van der Waals surface area contributed by atoms with Gasteiger partial charge in [0, 0.05) is 7.05 Å². The third-order valence-corrected chi connectivity index (χ3v) is 5.08. The lowest BCUT2D eigenvalue weighted by Gasteiger charge is -2.28. The Balaban J connectivity index is 1.74. The van der Waals surface area contributed by atoms with E-state index in [1.54, 1.807) is 0 Å². The Morgan fingerprint density at radius 2 is 1.53 bits per heavy atom. The van der Waals surface area contributed by atoms with Crippen LogP contribution in [0.1, 0.15) is 33.4 Å². The van der Waals surface area contributed by atoms with Crippen LogP contribution in [0.2, 0.25) is 0 Å². The predicted molar refractivity (Wildman–Crippen MR) is 96.3 cm³/mol. The van der Waals surface area contributed by atoms with Gasteiger partial charge < -0.3 is 24.1 Å². The number of hydrogen-bond donors (Lipinski definition) is 1. The molecule has 2 fully saturated rings. The SMILES string of the molecule is Cn1nc(C(F)(F)F)c(C(O)Cn2nc(C(F)(F)F)c(C=O)c2OC2COC2)c1OC1COC1. The van der Waals surface area contributed by atoms with E-state index in [1.165, 1.54) is 0 Å². The van der Waals surface area contributed by atoms with Crippen molar-refractivity contribution in [2.45, 2.75) is 37.2 Å². The largest absolute Gasteiger partial charge is 0.469 e. The highest BCUT2D eigenvalue weighted by molar-refractivity contribution is 5.80. The van der Waals surface area contributed by atoms with E-state index >= 15 is 0 Å². The van der Waals surface area contributed by atoms with Crippen molar-refractivity contribution in [2.75, 3.05) is 26.4 Å². The van der Waals surface area contributed by atoms with Gasteiger partial charge in [-0.25, -0.2) is 9.36 Å². The van der Waals surface area contributed by atoms with E-state index in [-0.39, 0.29) is 32.7 Å². The number of alkyl halides is 6. The van der Waals surface area contributed by atoms with E-state index in [1.807, 2.05) is 0 Å². The number of carbonyl (C=O) groups is 1. The minimum Gasteiger partial charge on any atom is -0.469 e. The number of aliphatic hydroxyl groups is 1. The molecule has 2 aliphatic heterocycles. The van der Waals surface area contributed by atoms with Gasteiger partial charge in [-0.2, -0.15) is 36.5 Å². The molecule has 2 saturated heterocycles. The van der Waals surface area contributed by atoms with Gasteiger partial charge in [0.2, 0.25) is 11.8 Å².